The quantitative estimate of drug-likeness (QED) is 0.875. The van der Waals surface area contributed by atoms with E-state index in [2.05, 4.69) is 0 Å². The van der Waals surface area contributed by atoms with Crippen molar-refractivity contribution in [2.75, 3.05) is 11.4 Å². The SMILES string of the molecule is Cc1ccc(C(=O)N2CC(N)Cc3ccccc32)cc1F. The molecule has 108 valence electrons. The second-order valence-corrected chi connectivity index (χ2v) is 5.47. The van der Waals surface area contributed by atoms with Crippen LogP contribution in [0.2, 0.25) is 0 Å². The van der Waals surface area contributed by atoms with Gasteiger partial charge < -0.3 is 10.6 Å². The number of hydrogen-bond donors (Lipinski definition) is 1. The number of anilines is 1. The van der Waals surface area contributed by atoms with E-state index in [1.165, 1.54) is 6.07 Å². The molecule has 1 aliphatic heterocycles. The van der Waals surface area contributed by atoms with Gasteiger partial charge in [-0.2, -0.15) is 0 Å². The largest absolute Gasteiger partial charge is 0.326 e. The van der Waals surface area contributed by atoms with Crippen molar-refractivity contribution in [1.82, 2.24) is 0 Å². The minimum Gasteiger partial charge on any atom is -0.326 e. The van der Waals surface area contributed by atoms with Crippen LogP contribution in [-0.4, -0.2) is 18.5 Å². The summed E-state index contributed by atoms with van der Waals surface area (Å²) in [6, 6.07) is 12.2. The van der Waals surface area contributed by atoms with E-state index in [1.807, 2.05) is 24.3 Å². The number of halogens is 1. The molecule has 0 saturated carbocycles. The first-order valence-electron chi connectivity index (χ1n) is 6.98. The predicted molar refractivity (Wildman–Crippen MR) is 80.9 cm³/mol. The van der Waals surface area contributed by atoms with Crippen LogP contribution in [0.15, 0.2) is 42.5 Å². The molecule has 0 spiro atoms. The molecular weight excluding hydrogens is 267 g/mol. The maximum absolute atomic E-state index is 13.7. The van der Waals surface area contributed by atoms with Crippen LogP contribution in [0, 0.1) is 12.7 Å². The number of nitrogens with zero attached hydrogens (tertiary/aromatic N) is 1. The van der Waals surface area contributed by atoms with Gasteiger partial charge in [-0.05, 0) is 42.7 Å². The highest BCUT2D eigenvalue weighted by Gasteiger charge is 2.27. The van der Waals surface area contributed by atoms with Crippen LogP contribution < -0.4 is 10.6 Å². The van der Waals surface area contributed by atoms with E-state index in [0.717, 1.165) is 17.7 Å². The number of rotatable bonds is 1. The fraction of sp³-hybridized carbons (Fsp3) is 0.235. The van der Waals surface area contributed by atoms with Crippen LogP contribution in [0.4, 0.5) is 10.1 Å². The third kappa shape index (κ3) is 2.54. The zero-order chi connectivity index (χ0) is 15.0. The van der Waals surface area contributed by atoms with Crippen LogP contribution in [-0.2, 0) is 6.42 Å². The highest BCUT2D eigenvalue weighted by atomic mass is 19.1. The molecule has 4 heteroatoms. The van der Waals surface area contributed by atoms with Crippen molar-refractivity contribution < 1.29 is 9.18 Å². The first kappa shape index (κ1) is 13.8. The molecule has 1 aliphatic rings. The standard InChI is InChI=1S/C17H17FN2O/c1-11-6-7-13(9-15(11)18)17(21)20-10-14(19)8-12-4-2-3-5-16(12)20/h2-7,9,14H,8,10,19H2,1H3. The summed E-state index contributed by atoms with van der Waals surface area (Å²) in [5, 5.41) is 0. The van der Waals surface area contributed by atoms with Gasteiger partial charge in [0.15, 0.2) is 0 Å². The zero-order valence-corrected chi connectivity index (χ0v) is 11.8. The molecule has 2 aromatic rings. The number of amides is 1. The smallest absolute Gasteiger partial charge is 0.258 e. The predicted octanol–water partition coefficient (Wildman–Crippen LogP) is 2.66. The lowest BCUT2D eigenvalue weighted by atomic mass is 9.97. The number of hydrogen-bond acceptors (Lipinski definition) is 2. The molecule has 2 N–H and O–H groups in total. The van der Waals surface area contributed by atoms with E-state index in [9.17, 15) is 9.18 Å². The number of carbonyl (C=O) groups excluding carboxylic acids is 1. The molecule has 1 heterocycles. The number of aryl methyl sites for hydroxylation is 1. The van der Waals surface area contributed by atoms with E-state index in [-0.39, 0.29) is 17.8 Å². The highest BCUT2D eigenvalue weighted by molar-refractivity contribution is 6.06. The number of carbonyl (C=O) groups is 1. The maximum atomic E-state index is 13.7. The van der Waals surface area contributed by atoms with Gasteiger partial charge in [0.1, 0.15) is 5.82 Å². The van der Waals surface area contributed by atoms with Gasteiger partial charge in [0.05, 0.1) is 0 Å². The van der Waals surface area contributed by atoms with Gasteiger partial charge in [-0.3, -0.25) is 4.79 Å². The second kappa shape index (κ2) is 5.30. The Morgan fingerprint density at radius 1 is 1.29 bits per heavy atom. The van der Waals surface area contributed by atoms with Gasteiger partial charge in [-0.25, -0.2) is 4.39 Å². The molecular formula is C17H17FN2O. The molecule has 1 unspecified atom stereocenters. The van der Waals surface area contributed by atoms with Gasteiger partial charge in [0.2, 0.25) is 0 Å². The highest BCUT2D eigenvalue weighted by Crippen LogP contribution is 2.28. The van der Waals surface area contributed by atoms with Crippen molar-refractivity contribution in [2.45, 2.75) is 19.4 Å². The summed E-state index contributed by atoms with van der Waals surface area (Å²) in [6.45, 7) is 2.13. The average Bonchev–Trinajstić information content (AvgIpc) is 2.48. The number of nitrogens with two attached hydrogens (primary N) is 1. The Morgan fingerprint density at radius 3 is 2.81 bits per heavy atom. The topological polar surface area (TPSA) is 46.3 Å². The minimum atomic E-state index is -0.365. The molecule has 21 heavy (non-hydrogen) atoms. The van der Waals surface area contributed by atoms with Crippen molar-refractivity contribution in [1.29, 1.82) is 0 Å². The Bertz CT molecular complexity index is 699. The molecule has 2 aromatic carbocycles. The number of para-hydroxylation sites is 1. The average molecular weight is 284 g/mol. The van der Waals surface area contributed by atoms with Crippen molar-refractivity contribution in [3.05, 3.63) is 65.0 Å². The van der Waals surface area contributed by atoms with Crippen molar-refractivity contribution in [3.8, 4) is 0 Å². The van der Waals surface area contributed by atoms with E-state index in [1.54, 1.807) is 24.0 Å². The van der Waals surface area contributed by atoms with Crippen molar-refractivity contribution in [3.63, 3.8) is 0 Å². The summed E-state index contributed by atoms with van der Waals surface area (Å²) in [4.78, 5) is 14.3. The molecule has 3 rings (SSSR count). The van der Waals surface area contributed by atoms with Crippen LogP contribution >= 0.6 is 0 Å². The Labute approximate surface area is 123 Å². The fourth-order valence-corrected chi connectivity index (χ4v) is 2.70. The summed E-state index contributed by atoms with van der Waals surface area (Å²) < 4.78 is 13.7. The lowest BCUT2D eigenvalue weighted by molar-refractivity contribution is 0.0983. The Kier molecular flexibility index (Phi) is 3.47. The van der Waals surface area contributed by atoms with Gasteiger partial charge in [-0.1, -0.05) is 24.3 Å². The van der Waals surface area contributed by atoms with Crippen LogP contribution in [0.25, 0.3) is 0 Å². The molecule has 0 radical (unpaired) electrons. The second-order valence-electron chi connectivity index (χ2n) is 5.47. The summed E-state index contributed by atoms with van der Waals surface area (Å²) in [7, 11) is 0. The maximum Gasteiger partial charge on any atom is 0.258 e. The molecule has 0 bridgehead atoms. The Balaban J connectivity index is 1.99. The van der Waals surface area contributed by atoms with Crippen LogP contribution in [0.3, 0.4) is 0 Å². The Hall–Kier alpha value is -2.20. The van der Waals surface area contributed by atoms with Gasteiger partial charge >= 0.3 is 0 Å². The summed E-state index contributed by atoms with van der Waals surface area (Å²) in [6.07, 6.45) is 0.752. The molecule has 3 nitrogen and oxygen atoms in total. The van der Waals surface area contributed by atoms with E-state index >= 15 is 0 Å². The summed E-state index contributed by atoms with van der Waals surface area (Å²) in [5.41, 5.74) is 8.84. The van der Waals surface area contributed by atoms with Crippen molar-refractivity contribution >= 4 is 11.6 Å². The minimum absolute atomic E-state index is 0.0980. The van der Waals surface area contributed by atoms with Crippen LogP contribution in [0.1, 0.15) is 21.5 Å². The molecule has 1 atom stereocenters. The van der Waals surface area contributed by atoms with Crippen molar-refractivity contribution in [2.24, 2.45) is 5.73 Å². The van der Waals surface area contributed by atoms with E-state index < -0.39 is 0 Å². The first-order chi connectivity index (χ1) is 10.1. The monoisotopic (exact) mass is 284 g/mol. The van der Waals surface area contributed by atoms with Gasteiger partial charge in [0, 0.05) is 23.8 Å². The normalized spacial score (nSPS) is 17.5. The summed E-state index contributed by atoms with van der Waals surface area (Å²) in [5.74, 6) is -0.577. The van der Waals surface area contributed by atoms with Crippen LogP contribution in [0.5, 0.6) is 0 Å². The zero-order valence-electron chi connectivity index (χ0n) is 11.8. The fourth-order valence-electron chi connectivity index (χ4n) is 2.70. The first-order valence-corrected chi connectivity index (χ1v) is 6.98. The lowest BCUT2D eigenvalue weighted by Crippen LogP contribution is -2.46. The van der Waals surface area contributed by atoms with E-state index in [0.29, 0.717) is 17.7 Å². The number of benzene rings is 2. The third-order valence-corrected chi connectivity index (χ3v) is 3.85. The molecule has 0 aliphatic carbocycles. The molecule has 0 aromatic heterocycles. The Morgan fingerprint density at radius 2 is 2.05 bits per heavy atom. The van der Waals surface area contributed by atoms with Gasteiger partial charge in [0.25, 0.3) is 5.91 Å². The molecule has 0 saturated heterocycles. The molecule has 0 fully saturated rings. The lowest BCUT2D eigenvalue weighted by Gasteiger charge is -2.33. The third-order valence-electron chi connectivity index (χ3n) is 3.85. The number of fused-ring (bicyclic) bond motifs is 1. The molecule has 1 amide bonds. The van der Waals surface area contributed by atoms with E-state index in [4.69, 9.17) is 5.73 Å². The van der Waals surface area contributed by atoms with Gasteiger partial charge in [-0.15, -0.1) is 0 Å². The summed E-state index contributed by atoms with van der Waals surface area (Å²) >= 11 is 0.